The van der Waals surface area contributed by atoms with Crippen molar-refractivity contribution in [3.63, 3.8) is 0 Å². The van der Waals surface area contributed by atoms with Gasteiger partial charge in [-0.3, -0.25) is 14.6 Å². The summed E-state index contributed by atoms with van der Waals surface area (Å²) in [6.45, 7) is 0.390. The van der Waals surface area contributed by atoms with E-state index >= 15 is 0 Å². The number of pyridine rings is 1. The van der Waals surface area contributed by atoms with Crippen molar-refractivity contribution in [1.82, 2.24) is 4.98 Å². The molecule has 0 aliphatic heterocycles. The normalized spacial score (nSPS) is 10.7. The number of hydrogen-bond donors (Lipinski definition) is 1. The maximum atomic E-state index is 12.3. The van der Waals surface area contributed by atoms with Crippen LogP contribution < -0.4 is 4.74 Å². The Morgan fingerprint density at radius 1 is 1.00 bits per heavy atom. The SMILES string of the molecule is O=C(O)Cc1cccc(C(=O)C=Cc2ccc(OCc3ccccn3)cc2)c1. The molecule has 0 unspecified atom stereocenters. The van der Waals surface area contributed by atoms with E-state index in [4.69, 9.17) is 9.84 Å². The third-order valence-corrected chi connectivity index (χ3v) is 3.99. The van der Waals surface area contributed by atoms with Crippen LogP contribution in [0.3, 0.4) is 0 Å². The lowest BCUT2D eigenvalue weighted by Crippen LogP contribution is -2.02. The van der Waals surface area contributed by atoms with Crippen molar-refractivity contribution in [3.8, 4) is 5.75 Å². The van der Waals surface area contributed by atoms with Crippen LogP contribution in [0.1, 0.15) is 27.2 Å². The van der Waals surface area contributed by atoms with Gasteiger partial charge in [0.25, 0.3) is 0 Å². The van der Waals surface area contributed by atoms with Gasteiger partial charge in [-0.1, -0.05) is 42.5 Å². The van der Waals surface area contributed by atoms with Gasteiger partial charge in [-0.25, -0.2) is 0 Å². The minimum atomic E-state index is -0.925. The number of allylic oxidation sites excluding steroid dienone is 1. The highest BCUT2D eigenvalue weighted by Gasteiger charge is 2.05. The van der Waals surface area contributed by atoms with Crippen molar-refractivity contribution in [3.05, 3.63) is 101 Å². The number of carbonyl (C=O) groups excluding carboxylic acids is 1. The quantitative estimate of drug-likeness (QED) is 0.473. The number of carbonyl (C=O) groups is 2. The Bertz CT molecular complexity index is 979. The van der Waals surface area contributed by atoms with Crippen LogP contribution in [-0.4, -0.2) is 21.8 Å². The summed E-state index contributed by atoms with van der Waals surface area (Å²) in [5.74, 6) is -0.385. The smallest absolute Gasteiger partial charge is 0.307 e. The molecule has 0 bridgehead atoms. The summed E-state index contributed by atoms with van der Waals surface area (Å²) in [5, 5.41) is 8.86. The first-order valence-corrected chi connectivity index (χ1v) is 8.76. The molecule has 0 saturated heterocycles. The van der Waals surface area contributed by atoms with E-state index in [1.807, 2.05) is 42.5 Å². The molecule has 0 atom stereocenters. The monoisotopic (exact) mass is 373 g/mol. The number of ether oxygens (including phenoxy) is 1. The van der Waals surface area contributed by atoms with Crippen LogP contribution >= 0.6 is 0 Å². The van der Waals surface area contributed by atoms with Crippen LogP contribution in [0.5, 0.6) is 5.75 Å². The number of aliphatic carboxylic acids is 1. The second-order valence-corrected chi connectivity index (χ2v) is 6.15. The van der Waals surface area contributed by atoms with Gasteiger partial charge in [0.15, 0.2) is 5.78 Å². The molecule has 3 aromatic rings. The lowest BCUT2D eigenvalue weighted by molar-refractivity contribution is -0.136. The summed E-state index contributed by atoms with van der Waals surface area (Å²) in [5.41, 5.74) is 2.77. The first-order chi connectivity index (χ1) is 13.6. The van der Waals surface area contributed by atoms with Gasteiger partial charge in [-0.05, 0) is 47.5 Å². The molecule has 5 nitrogen and oxygen atoms in total. The summed E-state index contributed by atoms with van der Waals surface area (Å²) in [6.07, 6.45) is 4.81. The zero-order chi connectivity index (χ0) is 19.8. The number of aromatic nitrogens is 1. The van der Waals surface area contributed by atoms with Gasteiger partial charge in [-0.15, -0.1) is 0 Å². The highest BCUT2D eigenvalue weighted by atomic mass is 16.5. The number of carboxylic acid groups (broad SMARTS) is 1. The van der Waals surface area contributed by atoms with Crippen molar-refractivity contribution < 1.29 is 19.4 Å². The average molecular weight is 373 g/mol. The largest absolute Gasteiger partial charge is 0.487 e. The summed E-state index contributed by atoms with van der Waals surface area (Å²) < 4.78 is 5.69. The van der Waals surface area contributed by atoms with Gasteiger partial charge in [-0.2, -0.15) is 0 Å². The number of carboxylic acids is 1. The van der Waals surface area contributed by atoms with Gasteiger partial charge in [0.05, 0.1) is 12.1 Å². The molecule has 5 heteroatoms. The Kier molecular flexibility index (Phi) is 6.31. The van der Waals surface area contributed by atoms with E-state index < -0.39 is 5.97 Å². The molecule has 1 aromatic heterocycles. The predicted molar refractivity (Wildman–Crippen MR) is 106 cm³/mol. The molecule has 2 aromatic carbocycles. The highest BCUT2D eigenvalue weighted by molar-refractivity contribution is 6.07. The molecule has 0 amide bonds. The van der Waals surface area contributed by atoms with Gasteiger partial charge in [0, 0.05) is 11.8 Å². The molecule has 1 N–H and O–H groups in total. The van der Waals surface area contributed by atoms with E-state index in [0.717, 1.165) is 17.0 Å². The Balaban J connectivity index is 1.59. The zero-order valence-electron chi connectivity index (χ0n) is 15.1. The van der Waals surface area contributed by atoms with Crippen molar-refractivity contribution in [1.29, 1.82) is 0 Å². The third kappa shape index (κ3) is 5.64. The number of rotatable bonds is 8. The molecule has 0 aliphatic carbocycles. The van der Waals surface area contributed by atoms with Gasteiger partial charge < -0.3 is 9.84 Å². The Morgan fingerprint density at radius 3 is 2.54 bits per heavy atom. The topological polar surface area (TPSA) is 76.5 Å². The minimum Gasteiger partial charge on any atom is -0.487 e. The van der Waals surface area contributed by atoms with Crippen molar-refractivity contribution in [2.75, 3.05) is 0 Å². The van der Waals surface area contributed by atoms with Crippen molar-refractivity contribution >= 4 is 17.8 Å². The second kappa shape index (κ2) is 9.28. The lowest BCUT2D eigenvalue weighted by atomic mass is 10.0. The lowest BCUT2D eigenvalue weighted by Gasteiger charge is -2.05. The summed E-state index contributed by atoms with van der Waals surface area (Å²) >= 11 is 0. The number of hydrogen-bond acceptors (Lipinski definition) is 4. The van der Waals surface area contributed by atoms with Gasteiger partial charge in [0.2, 0.25) is 0 Å². The van der Waals surface area contributed by atoms with Crippen LogP contribution in [0.2, 0.25) is 0 Å². The van der Waals surface area contributed by atoms with Crippen molar-refractivity contribution in [2.45, 2.75) is 13.0 Å². The maximum Gasteiger partial charge on any atom is 0.307 e. The first-order valence-electron chi connectivity index (χ1n) is 8.76. The standard InChI is InChI=1S/C23H19NO4/c25-22(19-5-3-4-18(14-19)15-23(26)27)12-9-17-7-10-21(11-8-17)28-16-20-6-1-2-13-24-20/h1-14H,15-16H2,(H,26,27). The summed E-state index contributed by atoms with van der Waals surface area (Å²) in [7, 11) is 0. The molecule has 0 aliphatic rings. The molecular formula is C23H19NO4. The van der Waals surface area contributed by atoms with Crippen LogP contribution in [0.25, 0.3) is 6.08 Å². The molecule has 3 rings (SSSR count). The Hall–Kier alpha value is -3.73. The molecule has 1 heterocycles. The van der Waals surface area contributed by atoms with Crippen molar-refractivity contribution in [2.24, 2.45) is 0 Å². The molecular weight excluding hydrogens is 354 g/mol. The zero-order valence-corrected chi connectivity index (χ0v) is 15.1. The summed E-state index contributed by atoms with van der Waals surface area (Å²) in [4.78, 5) is 27.3. The second-order valence-electron chi connectivity index (χ2n) is 6.15. The van der Waals surface area contributed by atoms with E-state index in [-0.39, 0.29) is 12.2 Å². The maximum absolute atomic E-state index is 12.3. The van der Waals surface area contributed by atoms with Crippen LogP contribution in [0, 0.1) is 0 Å². The highest BCUT2D eigenvalue weighted by Crippen LogP contribution is 2.15. The van der Waals surface area contributed by atoms with Crippen LogP contribution in [-0.2, 0) is 17.8 Å². The number of nitrogens with zero attached hydrogens (tertiary/aromatic N) is 1. The molecule has 0 saturated carbocycles. The Labute approximate surface area is 162 Å². The van der Waals surface area contributed by atoms with E-state index in [0.29, 0.717) is 17.7 Å². The number of benzene rings is 2. The van der Waals surface area contributed by atoms with E-state index in [1.165, 1.54) is 6.08 Å². The summed E-state index contributed by atoms with van der Waals surface area (Å²) in [6, 6.07) is 19.7. The third-order valence-electron chi connectivity index (χ3n) is 3.99. The minimum absolute atomic E-state index is 0.106. The average Bonchev–Trinajstić information content (AvgIpc) is 2.72. The van der Waals surface area contributed by atoms with Crippen LogP contribution in [0.4, 0.5) is 0 Å². The molecule has 0 radical (unpaired) electrons. The fourth-order valence-corrected chi connectivity index (χ4v) is 2.59. The van der Waals surface area contributed by atoms with Gasteiger partial charge >= 0.3 is 5.97 Å². The fourth-order valence-electron chi connectivity index (χ4n) is 2.59. The van der Waals surface area contributed by atoms with Gasteiger partial charge in [0.1, 0.15) is 12.4 Å². The predicted octanol–water partition coefficient (Wildman–Crippen LogP) is 4.18. The Morgan fingerprint density at radius 2 is 1.82 bits per heavy atom. The van der Waals surface area contributed by atoms with E-state index in [9.17, 15) is 9.59 Å². The molecule has 28 heavy (non-hydrogen) atoms. The van der Waals surface area contributed by atoms with E-state index in [1.54, 1.807) is 36.5 Å². The fraction of sp³-hybridized carbons (Fsp3) is 0.0870. The molecule has 0 spiro atoms. The van der Waals surface area contributed by atoms with E-state index in [2.05, 4.69) is 4.98 Å². The molecule has 0 fully saturated rings. The molecule has 140 valence electrons. The first kappa shape index (κ1) is 19.0. The number of ketones is 1. The van der Waals surface area contributed by atoms with Crippen LogP contribution in [0.15, 0.2) is 79.0 Å².